The van der Waals surface area contributed by atoms with Crippen LogP contribution in [0.3, 0.4) is 0 Å². The number of anilines is 1. The van der Waals surface area contributed by atoms with E-state index in [0.717, 1.165) is 80.2 Å². The quantitative estimate of drug-likeness (QED) is 0.547. The van der Waals surface area contributed by atoms with Crippen LogP contribution in [0.2, 0.25) is 0 Å². The van der Waals surface area contributed by atoms with E-state index in [1.165, 1.54) is 0 Å². The third kappa shape index (κ3) is 3.68. The Morgan fingerprint density at radius 3 is 2.47 bits per heavy atom. The van der Waals surface area contributed by atoms with E-state index >= 15 is 0 Å². The van der Waals surface area contributed by atoms with Crippen LogP contribution in [-0.2, 0) is 10.2 Å². The summed E-state index contributed by atoms with van der Waals surface area (Å²) in [5.41, 5.74) is 9.57. The summed E-state index contributed by atoms with van der Waals surface area (Å²) in [6, 6.07) is 7.35. The number of ketones is 1. The number of amides is 1. The van der Waals surface area contributed by atoms with Crippen LogP contribution in [0.15, 0.2) is 30.5 Å². The highest BCUT2D eigenvalue weighted by Crippen LogP contribution is 2.45. The Kier molecular flexibility index (Phi) is 5.88. The Bertz CT molecular complexity index is 1430. The van der Waals surface area contributed by atoms with Crippen LogP contribution < -0.4 is 10.6 Å². The van der Waals surface area contributed by atoms with Crippen LogP contribution in [0.25, 0.3) is 10.9 Å². The lowest BCUT2D eigenvalue weighted by molar-refractivity contribution is -0.0522. The largest absolute Gasteiger partial charge is 0.379 e. The van der Waals surface area contributed by atoms with Crippen LogP contribution in [0.4, 0.5) is 5.82 Å². The number of hydrogen-bond donors (Lipinski definition) is 2. The van der Waals surface area contributed by atoms with E-state index in [4.69, 9.17) is 15.5 Å². The molecule has 200 valence electrons. The summed E-state index contributed by atoms with van der Waals surface area (Å²) in [5, 5.41) is 0.807. The number of primary amides is 1. The first-order chi connectivity index (χ1) is 18.1. The van der Waals surface area contributed by atoms with Crippen LogP contribution in [0, 0.1) is 5.92 Å². The van der Waals surface area contributed by atoms with E-state index in [2.05, 4.69) is 48.5 Å². The summed E-state index contributed by atoms with van der Waals surface area (Å²) in [6.45, 7) is 14.5. The number of aromatic amines is 1. The van der Waals surface area contributed by atoms with Gasteiger partial charge in [-0.05, 0) is 42.5 Å². The second-order valence-corrected chi connectivity index (χ2v) is 11.9. The minimum Gasteiger partial charge on any atom is -0.379 e. The van der Waals surface area contributed by atoms with Crippen molar-refractivity contribution in [3.05, 3.63) is 58.4 Å². The molecule has 1 aliphatic carbocycles. The zero-order valence-corrected chi connectivity index (χ0v) is 22.8. The minimum absolute atomic E-state index is 0.0313. The fraction of sp³-hybridized carbons (Fsp3) is 0.500. The van der Waals surface area contributed by atoms with E-state index in [-0.39, 0.29) is 11.3 Å². The molecule has 1 aromatic carbocycles. The lowest BCUT2D eigenvalue weighted by Gasteiger charge is -2.53. The zero-order chi connectivity index (χ0) is 26.8. The number of ether oxygens (including phenoxy) is 1. The predicted molar refractivity (Wildman–Crippen MR) is 148 cm³/mol. The van der Waals surface area contributed by atoms with Gasteiger partial charge in [-0.15, -0.1) is 0 Å². The molecule has 0 bridgehead atoms. The lowest BCUT2D eigenvalue weighted by Crippen LogP contribution is -2.61. The van der Waals surface area contributed by atoms with Crippen molar-refractivity contribution < 1.29 is 14.3 Å². The van der Waals surface area contributed by atoms with Crippen molar-refractivity contribution >= 4 is 28.4 Å². The highest BCUT2D eigenvalue weighted by atomic mass is 16.5. The monoisotopic (exact) mass is 515 g/mol. The van der Waals surface area contributed by atoms with Crippen molar-refractivity contribution in [3.8, 4) is 0 Å². The van der Waals surface area contributed by atoms with Crippen molar-refractivity contribution in [2.45, 2.75) is 51.5 Å². The first kappa shape index (κ1) is 25.1. The third-order valence-corrected chi connectivity index (χ3v) is 9.41. The highest BCUT2D eigenvalue weighted by Gasteiger charge is 2.44. The molecule has 38 heavy (non-hydrogen) atoms. The van der Waals surface area contributed by atoms with Gasteiger partial charge in [0.05, 0.1) is 18.8 Å². The number of pyridine rings is 1. The number of H-pyrrole nitrogens is 1. The number of hydrogen-bond acceptors (Lipinski definition) is 6. The van der Waals surface area contributed by atoms with E-state index in [9.17, 15) is 9.59 Å². The number of nitrogens with two attached hydrogens (primary N) is 1. The zero-order valence-electron chi connectivity index (χ0n) is 22.8. The fourth-order valence-electron chi connectivity index (χ4n) is 7.03. The topological polar surface area (TPSA) is 105 Å². The molecule has 8 nitrogen and oxygen atoms in total. The molecule has 0 saturated carbocycles. The van der Waals surface area contributed by atoms with Gasteiger partial charge in [0.25, 0.3) is 0 Å². The maximum absolute atomic E-state index is 13.7. The molecule has 2 aromatic heterocycles. The number of fused-ring (bicyclic) bond motifs is 4. The molecule has 2 fully saturated rings. The number of rotatable bonds is 4. The van der Waals surface area contributed by atoms with Gasteiger partial charge in [-0.2, -0.15) is 0 Å². The molecule has 3 aromatic rings. The summed E-state index contributed by atoms with van der Waals surface area (Å²) in [7, 11) is 0. The van der Waals surface area contributed by atoms with Crippen LogP contribution in [0.5, 0.6) is 0 Å². The summed E-state index contributed by atoms with van der Waals surface area (Å²) in [4.78, 5) is 38.8. The number of nitrogens with one attached hydrogen (secondary N) is 1. The Morgan fingerprint density at radius 2 is 1.82 bits per heavy atom. The predicted octanol–water partition coefficient (Wildman–Crippen LogP) is 3.86. The molecule has 4 heterocycles. The van der Waals surface area contributed by atoms with Gasteiger partial charge in [-0.1, -0.05) is 33.8 Å². The Morgan fingerprint density at radius 1 is 1.11 bits per heavy atom. The average molecular weight is 516 g/mol. The maximum atomic E-state index is 13.7. The van der Waals surface area contributed by atoms with Crippen molar-refractivity contribution in [1.82, 2.24) is 14.9 Å². The van der Waals surface area contributed by atoms with E-state index in [1.54, 1.807) is 18.3 Å². The van der Waals surface area contributed by atoms with E-state index in [0.29, 0.717) is 22.6 Å². The van der Waals surface area contributed by atoms with E-state index in [1.807, 2.05) is 6.07 Å². The van der Waals surface area contributed by atoms with Crippen molar-refractivity contribution in [1.29, 1.82) is 0 Å². The average Bonchev–Trinajstić information content (AvgIpc) is 3.32. The third-order valence-electron chi connectivity index (χ3n) is 9.41. The second-order valence-electron chi connectivity index (χ2n) is 11.9. The normalized spacial score (nSPS) is 21.0. The second kappa shape index (κ2) is 8.92. The lowest BCUT2D eigenvalue weighted by atomic mass is 9.71. The van der Waals surface area contributed by atoms with Gasteiger partial charge >= 0.3 is 0 Å². The molecule has 0 radical (unpaired) electrons. The van der Waals surface area contributed by atoms with Gasteiger partial charge in [-0.3, -0.25) is 14.5 Å². The summed E-state index contributed by atoms with van der Waals surface area (Å²) >= 11 is 0. The SMILES string of the molecule is CC(C)C1(N2CCOCC2)CCN(c2cc3c(cn2)C(=O)c2c([nH]c4cc(C(N)=O)ccc24)C3(C)C)CC1. The molecule has 1 amide bonds. The highest BCUT2D eigenvalue weighted by molar-refractivity contribution is 6.20. The van der Waals surface area contributed by atoms with Gasteiger partial charge in [0.15, 0.2) is 5.78 Å². The first-order valence-electron chi connectivity index (χ1n) is 13.7. The van der Waals surface area contributed by atoms with Crippen molar-refractivity contribution in [2.24, 2.45) is 11.7 Å². The van der Waals surface area contributed by atoms with Gasteiger partial charge < -0.3 is 20.4 Å². The number of carbonyl (C=O) groups excluding carboxylic acids is 2. The van der Waals surface area contributed by atoms with E-state index < -0.39 is 11.3 Å². The Hall–Kier alpha value is -3.23. The van der Waals surface area contributed by atoms with Crippen molar-refractivity contribution in [3.63, 3.8) is 0 Å². The van der Waals surface area contributed by atoms with Gasteiger partial charge in [0.2, 0.25) is 5.91 Å². The Balaban J connectivity index is 1.32. The smallest absolute Gasteiger partial charge is 0.248 e. The molecule has 8 heteroatoms. The number of carbonyl (C=O) groups is 2. The number of aromatic nitrogens is 2. The molecular weight excluding hydrogens is 478 g/mol. The standard InChI is InChI=1S/C30H37N5O3/c1-18(2)30(35-11-13-38-14-12-35)7-9-34(10-8-30)24-16-22-21(17-32-24)26(36)25-20-6-5-19(28(31)37)15-23(20)33-27(25)29(22,3)4/h5-6,15-18,33H,7-14H2,1-4H3,(H2,31,37). The summed E-state index contributed by atoms with van der Waals surface area (Å²) in [6.07, 6.45) is 3.93. The number of piperidine rings is 1. The van der Waals surface area contributed by atoms with Gasteiger partial charge in [0.1, 0.15) is 5.82 Å². The molecule has 0 unspecified atom stereocenters. The molecule has 2 saturated heterocycles. The molecule has 3 N–H and O–H groups in total. The van der Waals surface area contributed by atoms with Crippen LogP contribution in [-0.4, -0.2) is 71.5 Å². The number of morpholine rings is 1. The summed E-state index contributed by atoms with van der Waals surface area (Å²) in [5.74, 6) is 0.973. The van der Waals surface area contributed by atoms with Crippen LogP contribution >= 0.6 is 0 Å². The van der Waals surface area contributed by atoms with Gasteiger partial charge in [0, 0.05) is 71.1 Å². The minimum atomic E-state index is -0.487. The van der Waals surface area contributed by atoms with Crippen molar-refractivity contribution in [2.75, 3.05) is 44.3 Å². The number of nitrogens with zero attached hydrogens (tertiary/aromatic N) is 3. The summed E-state index contributed by atoms with van der Waals surface area (Å²) < 4.78 is 5.63. The Labute approximate surface area is 223 Å². The maximum Gasteiger partial charge on any atom is 0.248 e. The first-order valence-corrected chi connectivity index (χ1v) is 13.7. The molecule has 0 atom stereocenters. The molecule has 3 aliphatic rings. The molecule has 0 spiro atoms. The van der Waals surface area contributed by atoms with Gasteiger partial charge in [-0.25, -0.2) is 4.98 Å². The number of benzene rings is 1. The van der Waals surface area contributed by atoms with Crippen LogP contribution in [0.1, 0.15) is 78.1 Å². The molecule has 2 aliphatic heterocycles. The fourth-order valence-corrected chi connectivity index (χ4v) is 7.03. The molecular formula is C30H37N5O3. The molecule has 6 rings (SSSR count).